The number of piperidine rings is 2. The Morgan fingerprint density at radius 2 is 1.84 bits per heavy atom. The fraction of sp³-hybridized carbons (Fsp3) is 0.750. The second-order valence-corrected chi connectivity index (χ2v) is 10.9. The number of carbonyl (C=O) groups excluding carboxylic acids is 1. The lowest BCUT2D eigenvalue weighted by atomic mass is 9.82. The third-order valence-corrected chi connectivity index (χ3v) is 8.42. The highest BCUT2D eigenvalue weighted by atomic mass is 32.1. The summed E-state index contributed by atoms with van der Waals surface area (Å²) in [7, 11) is 0. The molecule has 9 heteroatoms. The van der Waals surface area contributed by atoms with Gasteiger partial charge >= 0.3 is 0 Å². The highest BCUT2D eigenvalue weighted by molar-refractivity contribution is 7.08. The molecule has 3 atom stereocenters. The van der Waals surface area contributed by atoms with E-state index in [0.29, 0.717) is 44.8 Å². The Morgan fingerprint density at radius 1 is 1.08 bits per heavy atom. The van der Waals surface area contributed by atoms with Gasteiger partial charge in [0.1, 0.15) is 0 Å². The van der Waals surface area contributed by atoms with E-state index in [4.69, 9.17) is 24.1 Å². The van der Waals surface area contributed by atoms with E-state index in [1.54, 1.807) is 11.3 Å². The van der Waals surface area contributed by atoms with Crippen molar-refractivity contribution >= 4 is 17.2 Å². The van der Waals surface area contributed by atoms with Gasteiger partial charge in [-0.15, -0.1) is 0 Å². The summed E-state index contributed by atoms with van der Waals surface area (Å²) in [6, 6.07) is 2.72. The number of hydrogen-bond donors (Lipinski definition) is 1. The summed E-state index contributed by atoms with van der Waals surface area (Å²) in [6.07, 6.45) is 8.26. The van der Waals surface area contributed by atoms with Crippen LogP contribution in [0.3, 0.4) is 0 Å². The molecule has 3 aliphatic rings. The fourth-order valence-electron chi connectivity index (χ4n) is 5.75. The summed E-state index contributed by atoms with van der Waals surface area (Å²) in [5.41, 5.74) is 1.18. The molecule has 0 aliphatic carbocycles. The molecule has 0 spiro atoms. The molecule has 37 heavy (non-hydrogen) atoms. The maximum absolute atomic E-state index is 13.6. The quantitative estimate of drug-likeness (QED) is 0.386. The lowest BCUT2D eigenvalue weighted by Crippen LogP contribution is -2.49. The molecule has 3 aliphatic heterocycles. The number of thiophene rings is 1. The maximum atomic E-state index is 13.6. The van der Waals surface area contributed by atoms with Gasteiger partial charge in [-0.05, 0) is 80.6 Å². The van der Waals surface area contributed by atoms with Gasteiger partial charge in [0.2, 0.25) is 6.29 Å². The minimum absolute atomic E-state index is 0.0155. The summed E-state index contributed by atoms with van der Waals surface area (Å²) in [5, 5.41) is 13.0. The number of amides is 1. The Hall–Kier alpha value is -1.49. The largest absolute Gasteiger partial charge is 0.459 e. The molecule has 3 unspecified atom stereocenters. The maximum Gasteiger partial charge on any atom is 0.288 e. The minimum atomic E-state index is -0.501. The highest BCUT2D eigenvalue weighted by Gasteiger charge is 2.39. The first-order valence-corrected chi connectivity index (χ1v) is 15.0. The predicted molar refractivity (Wildman–Crippen MR) is 143 cm³/mol. The van der Waals surface area contributed by atoms with E-state index >= 15 is 0 Å². The number of rotatable bonds is 13. The minimum Gasteiger partial charge on any atom is -0.459 e. The lowest BCUT2D eigenvalue weighted by Gasteiger charge is -2.41. The van der Waals surface area contributed by atoms with Crippen LogP contribution >= 0.6 is 11.3 Å². The molecule has 0 saturated carbocycles. The van der Waals surface area contributed by atoms with Crippen molar-refractivity contribution in [2.75, 3.05) is 65.8 Å². The molecule has 4 rings (SSSR count). The van der Waals surface area contributed by atoms with E-state index in [-0.39, 0.29) is 24.3 Å². The SMILES string of the molecule is CCOC1OC(C(=O)N2CCC(N3CCCCC3)CC2)=CC(c2ccsc2)C1CCOCCOCCO. The number of ether oxygens (including phenoxy) is 4. The molecule has 1 aromatic rings. The van der Waals surface area contributed by atoms with Crippen LogP contribution in [0, 0.1) is 5.92 Å². The zero-order chi connectivity index (χ0) is 25.9. The first-order chi connectivity index (χ1) is 18.2. The predicted octanol–water partition coefficient (Wildman–Crippen LogP) is 3.62. The molecule has 2 fully saturated rings. The zero-order valence-corrected chi connectivity index (χ0v) is 23.0. The number of likely N-dealkylation sites (tertiary alicyclic amines) is 2. The Balaban J connectivity index is 1.39. The van der Waals surface area contributed by atoms with Gasteiger partial charge in [0, 0.05) is 44.2 Å². The molecule has 0 radical (unpaired) electrons. The standard InChI is InChI=1S/C28H44N2O6S/c1-2-35-28-24(8-15-33-17-18-34-16-14-31)25(22-9-19-37-21-22)20-26(36-28)27(32)30-12-6-23(7-13-30)29-10-4-3-5-11-29/h9,19-21,23-25,28,31H,2-8,10-18H2,1H3. The Bertz CT molecular complexity index is 821. The smallest absolute Gasteiger partial charge is 0.288 e. The molecule has 1 amide bonds. The van der Waals surface area contributed by atoms with E-state index in [0.717, 1.165) is 32.4 Å². The molecular formula is C28H44N2O6S. The van der Waals surface area contributed by atoms with Crippen LogP contribution in [-0.2, 0) is 23.7 Å². The first kappa shape index (κ1) is 28.5. The van der Waals surface area contributed by atoms with Crippen molar-refractivity contribution in [2.45, 2.75) is 63.7 Å². The number of carbonyl (C=O) groups is 1. The van der Waals surface area contributed by atoms with E-state index in [1.807, 2.05) is 17.9 Å². The van der Waals surface area contributed by atoms with Crippen molar-refractivity contribution in [1.29, 1.82) is 0 Å². The summed E-state index contributed by atoms with van der Waals surface area (Å²) in [5.74, 6) is 0.461. The van der Waals surface area contributed by atoms with Crippen LogP contribution in [0.15, 0.2) is 28.7 Å². The van der Waals surface area contributed by atoms with E-state index in [2.05, 4.69) is 21.7 Å². The van der Waals surface area contributed by atoms with Crippen LogP contribution in [0.4, 0.5) is 0 Å². The first-order valence-electron chi connectivity index (χ1n) is 14.0. The fourth-order valence-corrected chi connectivity index (χ4v) is 6.46. The van der Waals surface area contributed by atoms with Gasteiger partial charge in [-0.2, -0.15) is 11.3 Å². The number of aliphatic hydroxyl groups is 1. The molecule has 4 heterocycles. The molecule has 0 bridgehead atoms. The molecule has 1 aromatic heterocycles. The van der Waals surface area contributed by atoms with Crippen molar-refractivity contribution in [1.82, 2.24) is 9.80 Å². The van der Waals surface area contributed by atoms with Crippen molar-refractivity contribution < 1.29 is 28.8 Å². The number of allylic oxidation sites excluding steroid dienone is 1. The zero-order valence-electron chi connectivity index (χ0n) is 22.2. The van der Waals surface area contributed by atoms with E-state index < -0.39 is 6.29 Å². The molecular weight excluding hydrogens is 492 g/mol. The summed E-state index contributed by atoms with van der Waals surface area (Å²) in [6.45, 7) is 8.24. The lowest BCUT2D eigenvalue weighted by molar-refractivity contribution is -0.172. The Kier molecular flexibility index (Phi) is 11.7. The third kappa shape index (κ3) is 8.00. The Morgan fingerprint density at radius 3 is 2.51 bits per heavy atom. The van der Waals surface area contributed by atoms with Gasteiger partial charge in [0.05, 0.1) is 26.4 Å². The third-order valence-electron chi connectivity index (χ3n) is 7.72. The van der Waals surface area contributed by atoms with Crippen LogP contribution in [-0.4, -0.2) is 99.0 Å². The summed E-state index contributed by atoms with van der Waals surface area (Å²) >= 11 is 1.66. The monoisotopic (exact) mass is 536 g/mol. The Labute approximate surface area is 225 Å². The number of aliphatic hydroxyl groups excluding tert-OH is 1. The van der Waals surface area contributed by atoms with E-state index in [9.17, 15) is 4.79 Å². The second kappa shape index (κ2) is 15.2. The average molecular weight is 537 g/mol. The summed E-state index contributed by atoms with van der Waals surface area (Å²) < 4.78 is 23.4. The molecule has 8 nitrogen and oxygen atoms in total. The van der Waals surface area contributed by atoms with Crippen LogP contribution < -0.4 is 0 Å². The van der Waals surface area contributed by atoms with Crippen LogP contribution in [0.25, 0.3) is 0 Å². The second-order valence-electron chi connectivity index (χ2n) is 10.1. The molecule has 1 N–H and O–H groups in total. The molecule has 208 valence electrons. The van der Waals surface area contributed by atoms with Crippen LogP contribution in [0.5, 0.6) is 0 Å². The highest BCUT2D eigenvalue weighted by Crippen LogP contribution is 2.40. The van der Waals surface area contributed by atoms with E-state index in [1.165, 1.54) is 37.9 Å². The van der Waals surface area contributed by atoms with Gasteiger partial charge in [0.15, 0.2) is 5.76 Å². The van der Waals surface area contributed by atoms with Crippen molar-refractivity contribution in [3.63, 3.8) is 0 Å². The summed E-state index contributed by atoms with van der Waals surface area (Å²) in [4.78, 5) is 18.2. The van der Waals surface area contributed by atoms with Gasteiger partial charge in [-0.1, -0.05) is 6.42 Å². The number of nitrogens with zero attached hydrogens (tertiary/aromatic N) is 2. The molecule has 0 aromatic carbocycles. The normalized spacial score (nSPS) is 25.6. The van der Waals surface area contributed by atoms with Gasteiger partial charge in [-0.25, -0.2) is 0 Å². The number of hydrogen-bond acceptors (Lipinski definition) is 8. The van der Waals surface area contributed by atoms with Crippen molar-refractivity contribution in [2.24, 2.45) is 5.92 Å². The van der Waals surface area contributed by atoms with Crippen LogP contribution in [0.2, 0.25) is 0 Å². The van der Waals surface area contributed by atoms with Gasteiger partial charge in [0.25, 0.3) is 5.91 Å². The van der Waals surface area contributed by atoms with Crippen molar-refractivity contribution in [3.05, 3.63) is 34.2 Å². The van der Waals surface area contributed by atoms with Gasteiger partial charge in [-0.3, -0.25) is 4.79 Å². The van der Waals surface area contributed by atoms with Crippen LogP contribution in [0.1, 0.15) is 56.9 Å². The van der Waals surface area contributed by atoms with Gasteiger partial charge < -0.3 is 33.9 Å². The molecule has 2 saturated heterocycles. The topological polar surface area (TPSA) is 80.7 Å². The van der Waals surface area contributed by atoms with Crippen molar-refractivity contribution in [3.8, 4) is 0 Å². The average Bonchev–Trinajstić information content (AvgIpc) is 3.48.